The van der Waals surface area contributed by atoms with E-state index in [9.17, 15) is 28.1 Å². The van der Waals surface area contributed by atoms with Gasteiger partial charge in [-0.15, -0.1) is 0 Å². The Labute approximate surface area is 170 Å². The highest BCUT2D eigenvalue weighted by Gasteiger charge is 2.34. The molecule has 3 rings (SSSR count). The SMILES string of the molecule is O=C(NCCNc1ccc(C(F)(F)F)cc1[N+](=O)[O-])C1CNNC1c1ccccc1. The first-order chi connectivity index (χ1) is 14.3. The summed E-state index contributed by atoms with van der Waals surface area (Å²) in [5, 5.41) is 16.6. The summed E-state index contributed by atoms with van der Waals surface area (Å²) in [4.78, 5) is 22.7. The molecule has 0 saturated carbocycles. The van der Waals surface area contributed by atoms with Crippen molar-refractivity contribution in [3.8, 4) is 0 Å². The maximum absolute atomic E-state index is 12.8. The monoisotopic (exact) mass is 423 g/mol. The van der Waals surface area contributed by atoms with Crippen molar-refractivity contribution < 1.29 is 22.9 Å². The van der Waals surface area contributed by atoms with Crippen LogP contribution in [-0.4, -0.2) is 30.5 Å². The van der Waals surface area contributed by atoms with Crippen LogP contribution in [0.25, 0.3) is 0 Å². The van der Waals surface area contributed by atoms with E-state index in [2.05, 4.69) is 21.5 Å². The van der Waals surface area contributed by atoms with Crippen LogP contribution in [0.5, 0.6) is 0 Å². The maximum Gasteiger partial charge on any atom is 0.416 e. The number of nitro benzene ring substituents is 1. The fraction of sp³-hybridized carbons (Fsp3) is 0.316. The van der Waals surface area contributed by atoms with Gasteiger partial charge in [-0.3, -0.25) is 20.3 Å². The molecule has 0 bridgehead atoms. The van der Waals surface area contributed by atoms with E-state index in [0.29, 0.717) is 12.6 Å². The molecule has 2 unspecified atom stereocenters. The predicted octanol–water partition coefficient (Wildman–Crippen LogP) is 2.61. The fourth-order valence-electron chi connectivity index (χ4n) is 3.24. The number of alkyl halides is 3. The molecular formula is C19H20F3N5O3. The van der Waals surface area contributed by atoms with Gasteiger partial charge in [0.25, 0.3) is 5.69 Å². The molecule has 1 aliphatic heterocycles. The average Bonchev–Trinajstić information content (AvgIpc) is 3.21. The molecule has 0 spiro atoms. The van der Waals surface area contributed by atoms with Gasteiger partial charge >= 0.3 is 6.18 Å². The van der Waals surface area contributed by atoms with Crippen LogP contribution >= 0.6 is 0 Å². The number of carbonyl (C=O) groups is 1. The molecule has 8 nitrogen and oxygen atoms in total. The number of nitrogens with zero attached hydrogens (tertiary/aromatic N) is 1. The highest BCUT2D eigenvalue weighted by atomic mass is 19.4. The zero-order valence-electron chi connectivity index (χ0n) is 15.7. The lowest BCUT2D eigenvalue weighted by Crippen LogP contribution is -2.37. The summed E-state index contributed by atoms with van der Waals surface area (Å²) in [5.74, 6) is -0.558. The van der Waals surface area contributed by atoms with Gasteiger partial charge in [-0.1, -0.05) is 30.3 Å². The van der Waals surface area contributed by atoms with E-state index in [0.717, 1.165) is 17.7 Å². The van der Waals surface area contributed by atoms with E-state index in [4.69, 9.17) is 0 Å². The quantitative estimate of drug-likeness (QED) is 0.310. The maximum atomic E-state index is 12.8. The topological polar surface area (TPSA) is 108 Å². The summed E-state index contributed by atoms with van der Waals surface area (Å²) in [7, 11) is 0. The summed E-state index contributed by atoms with van der Waals surface area (Å²) >= 11 is 0. The minimum atomic E-state index is -4.67. The van der Waals surface area contributed by atoms with E-state index in [-0.39, 0.29) is 36.6 Å². The summed E-state index contributed by atoms with van der Waals surface area (Å²) in [6.45, 7) is 0.694. The lowest BCUT2D eigenvalue weighted by atomic mass is 9.94. The Balaban J connectivity index is 1.56. The number of nitro groups is 1. The van der Waals surface area contributed by atoms with Gasteiger partial charge in [0.05, 0.1) is 22.4 Å². The van der Waals surface area contributed by atoms with Crippen molar-refractivity contribution in [3.05, 3.63) is 69.8 Å². The first-order valence-electron chi connectivity index (χ1n) is 9.18. The zero-order chi connectivity index (χ0) is 21.7. The van der Waals surface area contributed by atoms with Crippen molar-refractivity contribution in [3.63, 3.8) is 0 Å². The number of nitrogens with one attached hydrogen (secondary N) is 4. The molecule has 2 atom stereocenters. The molecule has 1 amide bonds. The van der Waals surface area contributed by atoms with Crippen molar-refractivity contribution in [1.82, 2.24) is 16.2 Å². The lowest BCUT2D eigenvalue weighted by molar-refractivity contribution is -0.384. The van der Waals surface area contributed by atoms with Crippen molar-refractivity contribution >= 4 is 17.3 Å². The number of carbonyl (C=O) groups excluding carboxylic acids is 1. The van der Waals surface area contributed by atoms with Crippen LogP contribution in [-0.2, 0) is 11.0 Å². The molecule has 1 saturated heterocycles. The normalized spacial score (nSPS) is 18.8. The highest BCUT2D eigenvalue weighted by molar-refractivity contribution is 5.80. The largest absolute Gasteiger partial charge is 0.416 e. The van der Waals surface area contributed by atoms with Gasteiger partial charge in [-0.05, 0) is 17.7 Å². The summed E-state index contributed by atoms with van der Waals surface area (Å²) in [5.41, 5.74) is 5.17. The van der Waals surface area contributed by atoms with E-state index in [1.54, 1.807) is 0 Å². The number of amides is 1. The van der Waals surface area contributed by atoms with Crippen LogP contribution in [0.2, 0.25) is 0 Å². The zero-order valence-corrected chi connectivity index (χ0v) is 15.7. The van der Waals surface area contributed by atoms with Crippen LogP contribution in [0.4, 0.5) is 24.5 Å². The Hall–Kier alpha value is -3.18. The Bertz CT molecular complexity index is 908. The summed E-state index contributed by atoms with van der Waals surface area (Å²) < 4.78 is 38.3. The third-order valence-electron chi connectivity index (χ3n) is 4.74. The lowest BCUT2D eigenvalue weighted by Gasteiger charge is -2.18. The van der Waals surface area contributed by atoms with Crippen molar-refractivity contribution in [2.24, 2.45) is 5.92 Å². The van der Waals surface area contributed by atoms with Crippen LogP contribution in [0.1, 0.15) is 17.2 Å². The molecule has 1 heterocycles. The fourth-order valence-corrected chi connectivity index (χ4v) is 3.24. The number of hydrogen-bond acceptors (Lipinski definition) is 6. The van der Waals surface area contributed by atoms with Gasteiger partial charge < -0.3 is 10.6 Å². The van der Waals surface area contributed by atoms with Gasteiger partial charge in [0.2, 0.25) is 5.91 Å². The molecule has 160 valence electrons. The van der Waals surface area contributed by atoms with Crippen molar-refractivity contribution in [1.29, 1.82) is 0 Å². The van der Waals surface area contributed by atoms with Gasteiger partial charge in [-0.2, -0.15) is 13.2 Å². The van der Waals surface area contributed by atoms with Crippen LogP contribution in [0.15, 0.2) is 48.5 Å². The standard InChI is InChI=1S/C19H20F3N5O3/c20-19(21,22)13-6-7-15(16(10-13)27(29)30)23-8-9-24-18(28)14-11-25-26-17(14)12-4-2-1-3-5-12/h1-7,10,14,17,23,25-26H,8-9,11H2,(H,24,28). The summed E-state index contributed by atoms with van der Waals surface area (Å²) in [6, 6.07) is 11.5. The molecule has 30 heavy (non-hydrogen) atoms. The molecule has 0 aliphatic carbocycles. The predicted molar refractivity (Wildman–Crippen MR) is 103 cm³/mol. The second kappa shape index (κ2) is 9.09. The van der Waals surface area contributed by atoms with E-state index >= 15 is 0 Å². The molecule has 0 radical (unpaired) electrons. The molecule has 4 N–H and O–H groups in total. The van der Waals surface area contributed by atoms with Gasteiger partial charge in [-0.25, -0.2) is 5.43 Å². The second-order valence-corrected chi connectivity index (χ2v) is 6.72. The summed E-state index contributed by atoms with van der Waals surface area (Å²) in [6.07, 6.45) is -4.67. The number of benzene rings is 2. The molecule has 2 aromatic rings. The molecule has 1 aliphatic rings. The molecular weight excluding hydrogens is 403 g/mol. The molecule has 1 fully saturated rings. The number of halogens is 3. The Morgan fingerprint density at radius 2 is 1.90 bits per heavy atom. The Morgan fingerprint density at radius 1 is 1.17 bits per heavy atom. The van der Waals surface area contributed by atoms with Gasteiger partial charge in [0, 0.05) is 25.7 Å². The Morgan fingerprint density at radius 3 is 2.57 bits per heavy atom. The number of hydrogen-bond donors (Lipinski definition) is 4. The van der Waals surface area contributed by atoms with E-state index in [1.807, 2.05) is 30.3 Å². The van der Waals surface area contributed by atoms with Gasteiger partial charge in [0.1, 0.15) is 5.69 Å². The first kappa shape index (κ1) is 21.5. The smallest absolute Gasteiger partial charge is 0.378 e. The minimum absolute atomic E-state index is 0.0476. The van der Waals surface area contributed by atoms with Gasteiger partial charge in [0.15, 0.2) is 0 Å². The van der Waals surface area contributed by atoms with Crippen molar-refractivity contribution in [2.45, 2.75) is 12.2 Å². The minimum Gasteiger partial charge on any atom is -0.378 e. The third kappa shape index (κ3) is 5.05. The average molecular weight is 423 g/mol. The molecule has 2 aromatic carbocycles. The van der Waals surface area contributed by atoms with Crippen LogP contribution in [0.3, 0.4) is 0 Å². The number of rotatable bonds is 7. The second-order valence-electron chi connectivity index (χ2n) is 6.72. The van der Waals surface area contributed by atoms with Crippen molar-refractivity contribution in [2.75, 3.05) is 25.0 Å². The number of anilines is 1. The molecule has 0 aromatic heterocycles. The van der Waals surface area contributed by atoms with E-state index < -0.39 is 22.4 Å². The first-order valence-corrected chi connectivity index (χ1v) is 9.18. The molecule has 11 heteroatoms. The number of hydrazine groups is 1. The third-order valence-corrected chi connectivity index (χ3v) is 4.74. The highest BCUT2D eigenvalue weighted by Crippen LogP contribution is 2.34. The van der Waals surface area contributed by atoms with Crippen LogP contribution < -0.4 is 21.5 Å². The Kier molecular flexibility index (Phi) is 6.53. The van der Waals surface area contributed by atoms with Crippen LogP contribution in [0, 0.1) is 16.0 Å². The van der Waals surface area contributed by atoms with E-state index in [1.165, 1.54) is 0 Å².